The van der Waals surface area contributed by atoms with Crippen LogP contribution in [0.5, 0.6) is 0 Å². The van der Waals surface area contributed by atoms with Crippen LogP contribution < -0.4 is 5.32 Å². The predicted molar refractivity (Wildman–Crippen MR) is 97.5 cm³/mol. The summed E-state index contributed by atoms with van der Waals surface area (Å²) in [6.45, 7) is 0. The summed E-state index contributed by atoms with van der Waals surface area (Å²) in [7, 11) is 0. The molecular weight excluding hydrogens is 312 g/mol. The van der Waals surface area contributed by atoms with E-state index in [1.807, 2.05) is 48.5 Å². The van der Waals surface area contributed by atoms with Crippen molar-refractivity contribution in [2.45, 2.75) is 0 Å². The number of hydrogen-bond donors (Lipinski definition) is 3. The standard InChI is InChI=1S/C19H13N6/c1-2-13(10-17-12(1)5-7-20-17)19-21-8-6-18(24-19)23-15-3-4-16-14(9-15)11-22-25-16/h1-6,8-11,20H,(H,22,25)(H,21,23,24). The molecule has 0 bridgehead atoms. The highest BCUT2D eigenvalue weighted by Crippen LogP contribution is 2.24. The quantitative estimate of drug-likeness (QED) is 0.467. The summed E-state index contributed by atoms with van der Waals surface area (Å²) in [6, 6.07) is 15.9. The third-order valence-corrected chi connectivity index (χ3v) is 4.11. The van der Waals surface area contributed by atoms with Crippen LogP contribution in [-0.2, 0) is 0 Å². The molecule has 0 aliphatic carbocycles. The monoisotopic (exact) mass is 325 g/mol. The van der Waals surface area contributed by atoms with E-state index in [0.29, 0.717) is 5.82 Å². The summed E-state index contributed by atoms with van der Waals surface area (Å²) in [5.41, 5.74) is 3.93. The van der Waals surface area contributed by atoms with Crippen molar-refractivity contribution in [3.05, 3.63) is 67.1 Å². The number of benzene rings is 2. The fourth-order valence-corrected chi connectivity index (χ4v) is 2.86. The second-order valence-corrected chi connectivity index (χ2v) is 5.78. The number of nitrogens with zero attached hydrogens (tertiary/aromatic N) is 3. The summed E-state index contributed by atoms with van der Waals surface area (Å²) in [4.78, 5) is 12.1. The van der Waals surface area contributed by atoms with Crippen molar-refractivity contribution in [1.29, 1.82) is 0 Å². The van der Waals surface area contributed by atoms with E-state index in [1.54, 1.807) is 12.4 Å². The normalized spacial score (nSPS) is 11.2. The van der Waals surface area contributed by atoms with Gasteiger partial charge in [-0.15, -0.1) is 0 Å². The van der Waals surface area contributed by atoms with Gasteiger partial charge in [0.1, 0.15) is 5.82 Å². The van der Waals surface area contributed by atoms with Gasteiger partial charge in [-0.05, 0) is 36.4 Å². The minimum atomic E-state index is 0.672. The molecule has 0 amide bonds. The highest BCUT2D eigenvalue weighted by Gasteiger charge is 2.06. The minimum Gasteiger partial charge on any atom is -0.353 e. The van der Waals surface area contributed by atoms with Gasteiger partial charge >= 0.3 is 0 Å². The zero-order chi connectivity index (χ0) is 16.6. The van der Waals surface area contributed by atoms with E-state index in [4.69, 9.17) is 0 Å². The van der Waals surface area contributed by atoms with Crippen LogP contribution in [0.25, 0.3) is 33.2 Å². The van der Waals surface area contributed by atoms with Gasteiger partial charge in [0.25, 0.3) is 0 Å². The third-order valence-electron chi connectivity index (χ3n) is 4.11. The molecule has 25 heavy (non-hydrogen) atoms. The average Bonchev–Trinajstić information content (AvgIpc) is 3.30. The molecule has 0 spiro atoms. The molecule has 3 N–H and O–H groups in total. The lowest BCUT2D eigenvalue weighted by Crippen LogP contribution is -1.96. The first-order valence-electron chi connectivity index (χ1n) is 7.87. The highest BCUT2D eigenvalue weighted by atomic mass is 15.1. The molecule has 0 aliphatic heterocycles. The Morgan fingerprint density at radius 3 is 2.96 bits per heavy atom. The van der Waals surface area contributed by atoms with Gasteiger partial charge in [-0.1, -0.05) is 12.1 Å². The van der Waals surface area contributed by atoms with Gasteiger partial charge in [-0.2, -0.15) is 5.10 Å². The Bertz CT molecular complexity index is 1190. The molecule has 1 radical (unpaired) electrons. The Kier molecular flexibility index (Phi) is 3.00. The maximum atomic E-state index is 4.63. The molecule has 0 saturated carbocycles. The molecule has 0 atom stereocenters. The zero-order valence-electron chi connectivity index (χ0n) is 13.1. The number of hydrogen-bond acceptors (Lipinski definition) is 4. The van der Waals surface area contributed by atoms with Crippen LogP contribution in [-0.4, -0.2) is 25.1 Å². The molecule has 2 aromatic carbocycles. The molecule has 5 rings (SSSR count). The second-order valence-electron chi connectivity index (χ2n) is 5.78. The van der Waals surface area contributed by atoms with Crippen molar-refractivity contribution in [3.63, 3.8) is 0 Å². The van der Waals surface area contributed by atoms with Crippen molar-refractivity contribution in [2.75, 3.05) is 5.32 Å². The van der Waals surface area contributed by atoms with E-state index in [1.165, 1.54) is 0 Å². The van der Waals surface area contributed by atoms with Gasteiger partial charge in [0, 0.05) is 33.7 Å². The van der Waals surface area contributed by atoms with Gasteiger partial charge in [0.2, 0.25) is 0 Å². The molecule has 6 heteroatoms. The maximum absolute atomic E-state index is 4.63. The summed E-state index contributed by atoms with van der Waals surface area (Å²) >= 11 is 0. The molecule has 0 fully saturated rings. The van der Waals surface area contributed by atoms with Crippen molar-refractivity contribution < 1.29 is 0 Å². The van der Waals surface area contributed by atoms with Crippen LogP contribution in [0.15, 0.2) is 60.9 Å². The van der Waals surface area contributed by atoms with E-state index in [0.717, 1.165) is 38.9 Å². The first kappa shape index (κ1) is 13.7. The molecule has 0 unspecified atom stereocenters. The summed E-state index contributed by atoms with van der Waals surface area (Å²) in [6.07, 6.45) is 6.54. The number of aromatic nitrogens is 5. The molecule has 0 saturated heterocycles. The molecular formula is C19H13N6. The van der Waals surface area contributed by atoms with Crippen LogP contribution in [0, 0.1) is 6.20 Å². The van der Waals surface area contributed by atoms with Crippen LogP contribution in [0.2, 0.25) is 0 Å². The summed E-state index contributed by atoms with van der Waals surface area (Å²) in [5, 5.41) is 12.5. The number of H-pyrrole nitrogens is 2. The Hall–Kier alpha value is -3.67. The number of aromatic amines is 2. The van der Waals surface area contributed by atoms with Crippen molar-refractivity contribution in [2.24, 2.45) is 0 Å². The van der Waals surface area contributed by atoms with Crippen molar-refractivity contribution >= 4 is 33.3 Å². The van der Waals surface area contributed by atoms with E-state index in [2.05, 4.69) is 36.7 Å². The lowest BCUT2D eigenvalue weighted by atomic mass is 10.1. The average molecular weight is 325 g/mol. The van der Waals surface area contributed by atoms with Crippen LogP contribution in [0.4, 0.5) is 11.5 Å². The number of anilines is 2. The van der Waals surface area contributed by atoms with Crippen molar-refractivity contribution in [3.8, 4) is 11.4 Å². The zero-order valence-corrected chi connectivity index (χ0v) is 13.1. The van der Waals surface area contributed by atoms with Gasteiger partial charge in [-0.3, -0.25) is 5.10 Å². The maximum Gasteiger partial charge on any atom is 0.161 e. The molecule has 3 aromatic heterocycles. The second kappa shape index (κ2) is 5.45. The van der Waals surface area contributed by atoms with Crippen LogP contribution in [0.3, 0.4) is 0 Å². The lowest BCUT2D eigenvalue weighted by Gasteiger charge is -2.07. The van der Waals surface area contributed by atoms with Gasteiger partial charge < -0.3 is 10.3 Å². The fraction of sp³-hybridized carbons (Fsp3) is 0. The smallest absolute Gasteiger partial charge is 0.161 e. The fourth-order valence-electron chi connectivity index (χ4n) is 2.86. The number of rotatable bonds is 3. The largest absolute Gasteiger partial charge is 0.353 e. The highest BCUT2D eigenvalue weighted by molar-refractivity contribution is 5.84. The molecule has 3 heterocycles. The van der Waals surface area contributed by atoms with Gasteiger partial charge in [0.05, 0.1) is 17.9 Å². The van der Waals surface area contributed by atoms with E-state index >= 15 is 0 Å². The Balaban J connectivity index is 1.49. The summed E-state index contributed by atoms with van der Waals surface area (Å²) in [5.74, 6) is 1.41. The minimum absolute atomic E-state index is 0.672. The van der Waals surface area contributed by atoms with E-state index < -0.39 is 0 Å². The predicted octanol–water partition coefficient (Wildman–Crippen LogP) is 4.04. The molecule has 0 aliphatic rings. The first-order valence-corrected chi connectivity index (χ1v) is 7.87. The van der Waals surface area contributed by atoms with Crippen LogP contribution in [0.1, 0.15) is 0 Å². The topological polar surface area (TPSA) is 82.3 Å². The van der Waals surface area contributed by atoms with Crippen molar-refractivity contribution in [1.82, 2.24) is 25.1 Å². The number of fused-ring (bicyclic) bond motifs is 2. The van der Waals surface area contributed by atoms with E-state index in [9.17, 15) is 0 Å². The molecule has 5 aromatic rings. The third kappa shape index (κ3) is 2.49. The van der Waals surface area contributed by atoms with Gasteiger partial charge in [0.15, 0.2) is 5.82 Å². The molecule has 6 nitrogen and oxygen atoms in total. The lowest BCUT2D eigenvalue weighted by molar-refractivity contribution is 1.12. The summed E-state index contributed by atoms with van der Waals surface area (Å²) < 4.78 is 0. The van der Waals surface area contributed by atoms with Gasteiger partial charge in [-0.25, -0.2) is 9.97 Å². The SMILES string of the molecule is [c]1cc2ccc(-c3nccc(Nc4ccc5[nH]ncc5c4)n3)cc2[nH]1. The Morgan fingerprint density at radius 1 is 0.960 bits per heavy atom. The first-order chi connectivity index (χ1) is 12.3. The Labute approximate surface area is 143 Å². The molecule has 119 valence electrons. The Morgan fingerprint density at radius 2 is 1.96 bits per heavy atom. The van der Waals surface area contributed by atoms with Crippen LogP contribution >= 0.6 is 0 Å². The number of nitrogens with one attached hydrogen (secondary N) is 3. The van der Waals surface area contributed by atoms with E-state index in [-0.39, 0.29) is 0 Å².